The van der Waals surface area contributed by atoms with Gasteiger partial charge in [-0.05, 0) is 54.3 Å². The average Bonchev–Trinajstić information content (AvgIpc) is 2.62. The van der Waals surface area contributed by atoms with Gasteiger partial charge in [0.15, 0.2) is 0 Å². The van der Waals surface area contributed by atoms with E-state index < -0.39 is 5.97 Å². The third-order valence-corrected chi connectivity index (χ3v) is 4.15. The van der Waals surface area contributed by atoms with Gasteiger partial charge in [0.25, 0.3) is 5.91 Å². The molecule has 0 bridgehead atoms. The molecule has 4 N–H and O–H groups in total. The first-order valence-corrected chi connectivity index (χ1v) is 8.21. The summed E-state index contributed by atoms with van der Waals surface area (Å²) in [5.41, 5.74) is 2.96. The molecule has 1 aliphatic rings. The van der Waals surface area contributed by atoms with Gasteiger partial charge in [0.2, 0.25) is 0 Å². The summed E-state index contributed by atoms with van der Waals surface area (Å²) < 4.78 is 5.71. The third kappa shape index (κ3) is 4.18. The molecule has 1 atom stereocenters. The van der Waals surface area contributed by atoms with Crippen molar-refractivity contribution < 1.29 is 19.4 Å². The number of carboxylic acid groups (broad SMARTS) is 1. The second kappa shape index (κ2) is 7.69. The number of hydrogen-bond acceptors (Lipinski definition) is 5. The SMILES string of the molecule is NN=Cc1ccc(C(=O)Nc2ccc3c(c2)CCC(CC(=O)O)O3)cc1. The van der Waals surface area contributed by atoms with Gasteiger partial charge in [-0.1, -0.05) is 12.1 Å². The Hall–Kier alpha value is -3.35. The maximum atomic E-state index is 12.4. The van der Waals surface area contributed by atoms with Crippen molar-refractivity contribution in [2.75, 3.05) is 5.32 Å². The molecule has 3 rings (SSSR count). The van der Waals surface area contributed by atoms with Crippen molar-refractivity contribution in [3.05, 3.63) is 59.2 Å². The normalized spacial score (nSPS) is 15.9. The quantitative estimate of drug-likeness (QED) is 0.434. The standard InChI is InChI=1S/C19H19N3O4/c20-21-11-12-1-3-13(4-2-12)19(25)22-15-6-8-17-14(9-15)5-7-16(26-17)10-18(23)24/h1-4,6,8-9,11,16H,5,7,10,20H2,(H,22,25)(H,23,24). The molecule has 7 heteroatoms. The number of nitrogens with one attached hydrogen (secondary N) is 1. The first-order valence-electron chi connectivity index (χ1n) is 8.21. The molecule has 0 fully saturated rings. The van der Waals surface area contributed by atoms with Gasteiger partial charge in [-0.25, -0.2) is 0 Å². The summed E-state index contributed by atoms with van der Waals surface area (Å²) in [5.74, 6) is 4.68. The highest BCUT2D eigenvalue weighted by Crippen LogP contribution is 2.31. The van der Waals surface area contributed by atoms with Gasteiger partial charge in [-0.15, -0.1) is 0 Å². The highest BCUT2D eigenvalue weighted by molar-refractivity contribution is 6.04. The van der Waals surface area contributed by atoms with Crippen LogP contribution in [0.4, 0.5) is 5.69 Å². The van der Waals surface area contributed by atoms with E-state index in [2.05, 4.69) is 10.4 Å². The third-order valence-electron chi connectivity index (χ3n) is 4.15. The summed E-state index contributed by atoms with van der Waals surface area (Å²) in [5, 5.41) is 15.2. The fraction of sp³-hybridized carbons (Fsp3) is 0.211. The molecular formula is C19H19N3O4. The topological polar surface area (TPSA) is 114 Å². The molecule has 0 aromatic heterocycles. The lowest BCUT2D eigenvalue weighted by molar-refractivity contribution is -0.139. The molecule has 0 saturated heterocycles. The number of nitrogens with two attached hydrogens (primary N) is 1. The van der Waals surface area contributed by atoms with Crippen molar-refractivity contribution in [3.63, 3.8) is 0 Å². The largest absolute Gasteiger partial charge is 0.490 e. The van der Waals surface area contributed by atoms with Gasteiger partial charge < -0.3 is 21.0 Å². The molecule has 2 aromatic carbocycles. The van der Waals surface area contributed by atoms with Crippen LogP contribution in [-0.4, -0.2) is 29.3 Å². The molecule has 0 radical (unpaired) electrons. The number of carbonyl (C=O) groups excluding carboxylic acids is 1. The van der Waals surface area contributed by atoms with Crippen molar-refractivity contribution in [2.24, 2.45) is 10.9 Å². The Labute approximate surface area is 150 Å². The molecule has 1 amide bonds. The number of carbonyl (C=O) groups is 2. The Morgan fingerprint density at radius 2 is 2.04 bits per heavy atom. The second-order valence-electron chi connectivity index (χ2n) is 6.05. The van der Waals surface area contributed by atoms with Crippen molar-refractivity contribution in [3.8, 4) is 5.75 Å². The molecule has 1 heterocycles. The minimum Gasteiger partial charge on any atom is -0.490 e. The first kappa shape index (κ1) is 17.5. The van der Waals surface area contributed by atoms with Crippen molar-refractivity contribution in [2.45, 2.75) is 25.4 Å². The van der Waals surface area contributed by atoms with Gasteiger partial charge >= 0.3 is 5.97 Å². The van der Waals surface area contributed by atoms with E-state index in [0.717, 1.165) is 11.1 Å². The molecule has 134 valence electrons. The van der Waals surface area contributed by atoms with E-state index in [0.29, 0.717) is 29.8 Å². The maximum Gasteiger partial charge on any atom is 0.307 e. The van der Waals surface area contributed by atoms with E-state index in [9.17, 15) is 9.59 Å². The molecule has 26 heavy (non-hydrogen) atoms. The van der Waals surface area contributed by atoms with Gasteiger partial charge in [-0.3, -0.25) is 9.59 Å². The Bertz CT molecular complexity index is 846. The number of amides is 1. The molecule has 1 aliphatic heterocycles. The summed E-state index contributed by atoms with van der Waals surface area (Å²) in [6.45, 7) is 0. The van der Waals surface area contributed by atoms with E-state index in [1.165, 1.54) is 6.21 Å². The highest BCUT2D eigenvalue weighted by Gasteiger charge is 2.22. The van der Waals surface area contributed by atoms with Crippen LogP contribution in [0.25, 0.3) is 0 Å². The number of benzene rings is 2. The zero-order valence-electron chi connectivity index (χ0n) is 14.0. The lowest BCUT2D eigenvalue weighted by Crippen LogP contribution is -2.25. The predicted molar refractivity (Wildman–Crippen MR) is 97.6 cm³/mol. The number of carboxylic acids is 1. The second-order valence-corrected chi connectivity index (χ2v) is 6.05. The van der Waals surface area contributed by atoms with Gasteiger partial charge in [0.1, 0.15) is 11.9 Å². The molecule has 2 aromatic rings. The Balaban J connectivity index is 1.67. The summed E-state index contributed by atoms with van der Waals surface area (Å²) in [4.78, 5) is 23.2. The highest BCUT2D eigenvalue weighted by atomic mass is 16.5. The first-order chi connectivity index (χ1) is 12.5. The lowest BCUT2D eigenvalue weighted by atomic mass is 10.00. The number of hydrazone groups is 1. The molecule has 7 nitrogen and oxygen atoms in total. The number of anilines is 1. The fourth-order valence-corrected chi connectivity index (χ4v) is 2.87. The van der Waals surface area contributed by atoms with Crippen LogP contribution >= 0.6 is 0 Å². The number of nitrogens with zero attached hydrogens (tertiary/aromatic N) is 1. The van der Waals surface area contributed by atoms with Crippen LogP contribution in [0.3, 0.4) is 0 Å². The van der Waals surface area contributed by atoms with Crippen LogP contribution < -0.4 is 15.9 Å². The summed E-state index contributed by atoms with van der Waals surface area (Å²) in [7, 11) is 0. The molecule has 0 spiro atoms. The smallest absolute Gasteiger partial charge is 0.307 e. The number of hydrogen-bond donors (Lipinski definition) is 3. The van der Waals surface area contributed by atoms with E-state index in [1.54, 1.807) is 36.4 Å². The number of fused-ring (bicyclic) bond motifs is 1. The maximum absolute atomic E-state index is 12.4. The van der Waals surface area contributed by atoms with Crippen LogP contribution in [-0.2, 0) is 11.2 Å². The van der Waals surface area contributed by atoms with E-state index in [1.807, 2.05) is 6.07 Å². The molecule has 0 aliphatic carbocycles. The van der Waals surface area contributed by atoms with Crippen LogP contribution in [0, 0.1) is 0 Å². The van der Waals surface area contributed by atoms with Gasteiger partial charge in [0, 0.05) is 11.3 Å². The summed E-state index contributed by atoms with van der Waals surface area (Å²) in [6, 6.07) is 12.3. The minimum atomic E-state index is -0.869. The van der Waals surface area contributed by atoms with Gasteiger partial charge in [-0.2, -0.15) is 5.10 Å². The zero-order chi connectivity index (χ0) is 18.5. The zero-order valence-corrected chi connectivity index (χ0v) is 14.0. The van der Waals surface area contributed by atoms with E-state index in [4.69, 9.17) is 15.7 Å². The Morgan fingerprint density at radius 1 is 1.27 bits per heavy atom. The number of rotatable bonds is 5. The monoisotopic (exact) mass is 353 g/mol. The van der Waals surface area contributed by atoms with E-state index >= 15 is 0 Å². The summed E-state index contributed by atoms with van der Waals surface area (Å²) >= 11 is 0. The minimum absolute atomic E-state index is 0.0111. The molecule has 1 unspecified atom stereocenters. The Morgan fingerprint density at radius 3 is 2.73 bits per heavy atom. The van der Waals surface area contributed by atoms with Crippen molar-refractivity contribution in [1.29, 1.82) is 0 Å². The van der Waals surface area contributed by atoms with Crippen LogP contribution in [0.1, 0.15) is 34.3 Å². The Kier molecular flexibility index (Phi) is 5.17. The van der Waals surface area contributed by atoms with Crippen LogP contribution in [0.5, 0.6) is 5.75 Å². The van der Waals surface area contributed by atoms with Crippen LogP contribution in [0.15, 0.2) is 47.6 Å². The predicted octanol–water partition coefficient (Wildman–Crippen LogP) is 2.40. The average molecular weight is 353 g/mol. The fourth-order valence-electron chi connectivity index (χ4n) is 2.87. The van der Waals surface area contributed by atoms with Gasteiger partial charge in [0.05, 0.1) is 12.6 Å². The van der Waals surface area contributed by atoms with Crippen LogP contribution in [0.2, 0.25) is 0 Å². The van der Waals surface area contributed by atoms with E-state index in [-0.39, 0.29) is 18.4 Å². The van der Waals surface area contributed by atoms with Crippen molar-refractivity contribution >= 4 is 23.8 Å². The van der Waals surface area contributed by atoms with Crippen molar-refractivity contribution in [1.82, 2.24) is 0 Å². The molecular weight excluding hydrogens is 334 g/mol. The number of aryl methyl sites for hydroxylation is 1. The number of aliphatic carboxylic acids is 1. The molecule has 0 saturated carbocycles. The number of ether oxygens (including phenoxy) is 1. The lowest BCUT2D eigenvalue weighted by Gasteiger charge is -2.25. The summed E-state index contributed by atoms with van der Waals surface area (Å²) in [6.07, 6.45) is 2.53.